The van der Waals surface area contributed by atoms with Crippen LogP contribution in [-0.2, 0) is 0 Å². The molecule has 3 heteroatoms. The van der Waals surface area contributed by atoms with Gasteiger partial charge in [0.05, 0.1) is 11.9 Å². The van der Waals surface area contributed by atoms with E-state index in [-0.39, 0.29) is 5.84 Å². The molecule has 3 nitrogen and oxygen atoms in total. The lowest BCUT2D eigenvalue weighted by molar-refractivity contribution is 1.07. The Morgan fingerprint density at radius 2 is 2.43 bits per heavy atom. The van der Waals surface area contributed by atoms with Crippen LogP contribution in [0.25, 0.3) is 0 Å². The average Bonchev–Trinajstić information content (AvgIpc) is 1.61. The molecule has 0 aliphatic carbocycles. The topological polar surface area (TPSA) is 73.7 Å². The maximum atomic E-state index is 7.91. The smallest absolute Gasteiger partial charge is 0.0915 e. The number of nitrogens with zero attached hydrogens (tertiary/aromatic N) is 1. The van der Waals surface area contributed by atoms with Gasteiger partial charge in [-0.3, -0.25) is 5.41 Å². The molecule has 0 aliphatic rings. The van der Waals surface area contributed by atoms with Crippen LogP contribution in [0.1, 0.15) is 12.8 Å². The van der Waals surface area contributed by atoms with Gasteiger partial charge in [0.2, 0.25) is 0 Å². The van der Waals surface area contributed by atoms with Crippen molar-refractivity contribution in [3.05, 3.63) is 0 Å². The fourth-order valence-corrected chi connectivity index (χ4v) is 0.191. The molecular formula is C4H7N3. The Morgan fingerprint density at radius 1 is 1.86 bits per heavy atom. The van der Waals surface area contributed by atoms with Crippen LogP contribution in [0.15, 0.2) is 0 Å². The van der Waals surface area contributed by atoms with Crippen LogP contribution in [-0.4, -0.2) is 5.84 Å². The fraction of sp³-hybridized carbons (Fsp3) is 0.500. The van der Waals surface area contributed by atoms with Crippen molar-refractivity contribution in [3.8, 4) is 6.07 Å². The van der Waals surface area contributed by atoms with E-state index in [0.29, 0.717) is 12.8 Å². The van der Waals surface area contributed by atoms with Crippen LogP contribution in [0, 0.1) is 16.7 Å². The summed E-state index contributed by atoms with van der Waals surface area (Å²) in [7, 11) is 0. The summed E-state index contributed by atoms with van der Waals surface area (Å²) in [6.07, 6.45) is 0.756. The van der Waals surface area contributed by atoms with E-state index in [0.717, 1.165) is 0 Å². The lowest BCUT2D eigenvalue weighted by Crippen LogP contribution is -2.07. The predicted molar refractivity (Wildman–Crippen MR) is 26.8 cm³/mol. The van der Waals surface area contributed by atoms with Gasteiger partial charge in [0.1, 0.15) is 0 Å². The number of rotatable bonds is 2. The van der Waals surface area contributed by atoms with Gasteiger partial charge in [0, 0.05) is 12.8 Å². The van der Waals surface area contributed by atoms with E-state index in [1.165, 1.54) is 0 Å². The summed E-state index contributed by atoms with van der Waals surface area (Å²) in [4.78, 5) is 0. The zero-order valence-electron chi connectivity index (χ0n) is 3.94. The Balaban J connectivity index is 3.02. The molecule has 3 N–H and O–H groups in total. The Morgan fingerprint density at radius 3 is 2.57 bits per heavy atom. The van der Waals surface area contributed by atoms with Gasteiger partial charge in [0.15, 0.2) is 0 Å². The van der Waals surface area contributed by atoms with Crippen LogP contribution in [0.4, 0.5) is 0 Å². The van der Waals surface area contributed by atoms with Crippen LogP contribution >= 0.6 is 0 Å². The molecule has 0 unspecified atom stereocenters. The normalized spacial score (nSPS) is 7.29. The third-order valence-corrected chi connectivity index (χ3v) is 0.506. The first kappa shape index (κ1) is 5.96. The van der Waals surface area contributed by atoms with Crippen molar-refractivity contribution in [1.82, 2.24) is 0 Å². The Kier molecular flexibility index (Phi) is 2.69. The maximum Gasteiger partial charge on any atom is 0.0915 e. The van der Waals surface area contributed by atoms with Gasteiger partial charge in [0.25, 0.3) is 0 Å². The molecule has 0 saturated carbocycles. The molecule has 0 atom stereocenters. The minimum atomic E-state index is 0.0848. The van der Waals surface area contributed by atoms with Crippen LogP contribution in [0.3, 0.4) is 0 Å². The number of amidine groups is 1. The van der Waals surface area contributed by atoms with E-state index in [1.807, 2.05) is 6.07 Å². The predicted octanol–water partition coefficient (Wildman–Crippen LogP) is 0.226. The van der Waals surface area contributed by atoms with Gasteiger partial charge in [-0.25, -0.2) is 0 Å². The molecule has 0 aromatic carbocycles. The molecular weight excluding hydrogens is 90.1 g/mol. The lowest BCUT2D eigenvalue weighted by atomic mass is 10.3. The summed E-state index contributed by atoms with van der Waals surface area (Å²) in [6, 6.07) is 1.88. The lowest BCUT2D eigenvalue weighted by Gasteiger charge is -1.84. The van der Waals surface area contributed by atoms with Crippen molar-refractivity contribution >= 4 is 5.84 Å². The zero-order valence-corrected chi connectivity index (χ0v) is 3.94. The molecule has 0 aliphatic heterocycles. The molecule has 0 amide bonds. The number of hydrogen-bond acceptors (Lipinski definition) is 2. The van der Waals surface area contributed by atoms with E-state index >= 15 is 0 Å². The molecule has 0 aromatic rings. The number of nitriles is 1. The van der Waals surface area contributed by atoms with Crippen LogP contribution in [0.2, 0.25) is 0 Å². The maximum absolute atomic E-state index is 7.91. The van der Waals surface area contributed by atoms with E-state index < -0.39 is 0 Å². The third-order valence-electron chi connectivity index (χ3n) is 0.506. The molecule has 0 bridgehead atoms. The average molecular weight is 97.1 g/mol. The number of nitrogens with two attached hydrogens (primary N) is 1. The highest BCUT2D eigenvalue weighted by Crippen LogP contribution is 1.81. The summed E-state index contributed by atoms with van der Waals surface area (Å²) in [5.74, 6) is 0.0848. The highest BCUT2D eigenvalue weighted by molar-refractivity contribution is 5.76. The van der Waals surface area contributed by atoms with Gasteiger partial charge in [-0.15, -0.1) is 0 Å². The van der Waals surface area contributed by atoms with Gasteiger partial charge < -0.3 is 5.73 Å². The fourth-order valence-electron chi connectivity index (χ4n) is 0.191. The molecule has 0 saturated heterocycles. The van der Waals surface area contributed by atoms with Crippen molar-refractivity contribution < 1.29 is 0 Å². The summed E-state index contributed by atoms with van der Waals surface area (Å²) < 4.78 is 0. The van der Waals surface area contributed by atoms with E-state index in [9.17, 15) is 0 Å². The van der Waals surface area contributed by atoms with Crippen molar-refractivity contribution in [1.29, 1.82) is 10.7 Å². The second-order valence-corrected chi connectivity index (χ2v) is 1.18. The van der Waals surface area contributed by atoms with Gasteiger partial charge in [-0.1, -0.05) is 0 Å². The molecule has 0 spiro atoms. The third kappa shape index (κ3) is 4.96. The summed E-state index contributed by atoms with van der Waals surface area (Å²) in [5, 5.41) is 14.5. The molecule has 0 radical (unpaired) electrons. The van der Waals surface area contributed by atoms with E-state index in [4.69, 9.17) is 16.4 Å². The summed E-state index contributed by atoms with van der Waals surface area (Å²) in [6.45, 7) is 0. The van der Waals surface area contributed by atoms with Crippen molar-refractivity contribution in [2.24, 2.45) is 5.73 Å². The standard InChI is InChI=1S/C4H7N3/c5-3-1-2-4(6)7/h1-2H2,(H3,6,7). The van der Waals surface area contributed by atoms with Crippen LogP contribution < -0.4 is 5.73 Å². The van der Waals surface area contributed by atoms with Crippen LogP contribution in [0.5, 0.6) is 0 Å². The second kappa shape index (κ2) is 3.16. The van der Waals surface area contributed by atoms with Crippen molar-refractivity contribution in [3.63, 3.8) is 0 Å². The molecule has 7 heavy (non-hydrogen) atoms. The van der Waals surface area contributed by atoms with Gasteiger partial charge in [-0.05, 0) is 0 Å². The second-order valence-electron chi connectivity index (χ2n) is 1.18. The summed E-state index contributed by atoms with van der Waals surface area (Å²) in [5.41, 5.74) is 4.91. The highest BCUT2D eigenvalue weighted by atomic mass is 14.7. The first-order valence-corrected chi connectivity index (χ1v) is 1.97. The zero-order chi connectivity index (χ0) is 5.70. The first-order chi connectivity index (χ1) is 3.27. The van der Waals surface area contributed by atoms with Gasteiger partial charge >= 0.3 is 0 Å². The molecule has 0 rings (SSSR count). The quantitative estimate of drug-likeness (QED) is 0.382. The molecule has 38 valence electrons. The first-order valence-electron chi connectivity index (χ1n) is 1.97. The number of nitrogens with one attached hydrogen (secondary N) is 1. The largest absolute Gasteiger partial charge is 0.388 e. The van der Waals surface area contributed by atoms with E-state index in [1.54, 1.807) is 0 Å². The van der Waals surface area contributed by atoms with Crippen molar-refractivity contribution in [2.75, 3.05) is 0 Å². The number of hydrogen-bond donors (Lipinski definition) is 2. The molecule has 0 heterocycles. The molecule has 0 fully saturated rings. The van der Waals surface area contributed by atoms with Crippen molar-refractivity contribution in [2.45, 2.75) is 12.8 Å². The van der Waals surface area contributed by atoms with Gasteiger partial charge in [-0.2, -0.15) is 5.26 Å². The minimum absolute atomic E-state index is 0.0848. The highest BCUT2D eigenvalue weighted by Gasteiger charge is 1.83. The Labute approximate surface area is 42.3 Å². The molecule has 0 aromatic heterocycles. The SMILES string of the molecule is N#CCCC(=N)N. The summed E-state index contributed by atoms with van der Waals surface area (Å²) >= 11 is 0. The Bertz CT molecular complexity index is 100.0. The Hall–Kier alpha value is -1.04. The monoisotopic (exact) mass is 97.1 g/mol. The van der Waals surface area contributed by atoms with E-state index in [2.05, 4.69) is 0 Å². The minimum Gasteiger partial charge on any atom is -0.388 e.